The summed E-state index contributed by atoms with van der Waals surface area (Å²) >= 11 is -4.16. The summed E-state index contributed by atoms with van der Waals surface area (Å²) < 4.78 is 27.8. The van der Waals surface area contributed by atoms with Crippen LogP contribution < -0.4 is 0 Å². The summed E-state index contributed by atoms with van der Waals surface area (Å²) in [4.78, 5) is 0. The first-order chi connectivity index (χ1) is 7.12. The van der Waals surface area contributed by atoms with Crippen LogP contribution in [0, 0.1) is 0 Å². The maximum absolute atomic E-state index is 10.6. The zero-order valence-electron chi connectivity index (χ0n) is 12.7. The van der Waals surface area contributed by atoms with Crippen molar-refractivity contribution in [1.29, 1.82) is 0 Å². The van der Waals surface area contributed by atoms with Crippen molar-refractivity contribution in [2.75, 3.05) is 0 Å². The van der Waals surface area contributed by atoms with Gasteiger partial charge in [-0.3, -0.25) is 0 Å². The molecule has 0 rings (SSSR count). The van der Waals surface area contributed by atoms with E-state index >= 15 is 0 Å². The Morgan fingerprint density at radius 2 is 1.12 bits per heavy atom. The normalized spacial score (nSPS) is 15.2. The summed E-state index contributed by atoms with van der Waals surface area (Å²) in [6.07, 6.45) is 0. The first kappa shape index (κ1) is 17.8. The standard InChI is InChI=1S/2C4H9O.C3H9OSi.H2O.Ti/c2*1-4(2,3)5;1-5(2,3)4;;/h3*1-3H3;1H2;/q3*-1;;+4/p-1. The van der Waals surface area contributed by atoms with Crippen molar-refractivity contribution in [2.24, 2.45) is 0 Å². The summed E-state index contributed by atoms with van der Waals surface area (Å²) in [6, 6.07) is 0. The van der Waals surface area contributed by atoms with E-state index in [0.717, 1.165) is 0 Å². The van der Waals surface area contributed by atoms with Crippen molar-refractivity contribution >= 4 is 8.32 Å². The van der Waals surface area contributed by atoms with Crippen molar-refractivity contribution in [3.63, 3.8) is 0 Å². The van der Waals surface area contributed by atoms with E-state index in [0.29, 0.717) is 0 Å². The number of rotatable bonds is 4. The second-order valence-electron chi connectivity index (χ2n) is 7.17. The molecular weight excluding hydrogens is 272 g/mol. The molecule has 0 aromatic rings. The van der Waals surface area contributed by atoms with Crippen LogP contribution in [0.2, 0.25) is 19.6 Å². The Hall–Kier alpha value is 0.771. The third-order valence-corrected chi connectivity index (χ3v) is 8.97. The van der Waals surface area contributed by atoms with Crippen molar-refractivity contribution in [3.05, 3.63) is 0 Å². The molecule has 0 saturated heterocycles. The minimum absolute atomic E-state index is 0.473. The third-order valence-electron chi connectivity index (χ3n) is 1.31. The van der Waals surface area contributed by atoms with Crippen LogP contribution in [-0.4, -0.2) is 23.2 Å². The van der Waals surface area contributed by atoms with Crippen LogP contribution in [0.25, 0.3) is 0 Å². The molecule has 0 unspecified atom stereocenters. The fourth-order valence-corrected chi connectivity index (χ4v) is 8.58. The second kappa shape index (κ2) is 5.41. The fourth-order valence-electron chi connectivity index (χ4n) is 1.22. The summed E-state index contributed by atoms with van der Waals surface area (Å²) in [5.41, 5.74) is -0.945. The molecular formula is C11H28O4SiTi. The van der Waals surface area contributed by atoms with Crippen LogP contribution in [0.1, 0.15) is 41.5 Å². The molecule has 1 N–H and O–H groups in total. The van der Waals surface area contributed by atoms with Gasteiger partial charge in [0.05, 0.1) is 0 Å². The Morgan fingerprint density at radius 3 is 1.29 bits per heavy atom. The van der Waals surface area contributed by atoms with Crippen LogP contribution in [0.3, 0.4) is 0 Å². The van der Waals surface area contributed by atoms with E-state index < -0.39 is 37.7 Å². The monoisotopic (exact) mass is 300 g/mol. The Morgan fingerprint density at radius 1 is 0.824 bits per heavy atom. The fraction of sp³-hybridized carbons (Fsp3) is 1.00. The van der Waals surface area contributed by atoms with Crippen molar-refractivity contribution in [1.82, 2.24) is 0 Å². The third kappa shape index (κ3) is 10.4. The first-order valence-electron chi connectivity index (χ1n) is 5.95. The first-order valence-corrected chi connectivity index (χ1v) is 12.0. The van der Waals surface area contributed by atoms with E-state index in [1.54, 1.807) is 0 Å². The van der Waals surface area contributed by atoms with Gasteiger partial charge < -0.3 is 0 Å². The molecule has 0 spiro atoms. The van der Waals surface area contributed by atoms with Crippen LogP contribution in [0.5, 0.6) is 0 Å². The Balaban J connectivity index is 4.95. The molecule has 0 heterocycles. The Labute approximate surface area is 112 Å². The van der Waals surface area contributed by atoms with Gasteiger partial charge >= 0.3 is 112 Å². The molecule has 0 bridgehead atoms. The van der Waals surface area contributed by atoms with Gasteiger partial charge in [0.1, 0.15) is 0 Å². The molecule has 104 valence electrons. The van der Waals surface area contributed by atoms with Gasteiger partial charge in [-0.05, 0) is 0 Å². The molecule has 0 atom stereocenters. The average molecular weight is 300 g/mol. The van der Waals surface area contributed by atoms with Crippen LogP contribution in [0.15, 0.2) is 0 Å². The molecule has 0 fully saturated rings. The van der Waals surface area contributed by atoms with E-state index in [9.17, 15) is 3.69 Å². The molecule has 0 aliphatic rings. The minimum atomic E-state index is -4.16. The molecule has 0 aliphatic heterocycles. The quantitative estimate of drug-likeness (QED) is 0.810. The number of hydrogen-bond acceptors (Lipinski definition) is 4. The Kier molecular flexibility index (Phi) is 5.65. The van der Waals surface area contributed by atoms with Gasteiger partial charge in [-0.1, -0.05) is 0 Å². The molecule has 17 heavy (non-hydrogen) atoms. The zero-order valence-corrected chi connectivity index (χ0v) is 15.2. The van der Waals surface area contributed by atoms with Crippen molar-refractivity contribution in [2.45, 2.75) is 72.4 Å². The Bertz CT molecular complexity index is 209. The van der Waals surface area contributed by atoms with Crippen LogP contribution in [0.4, 0.5) is 0 Å². The molecule has 0 amide bonds. The van der Waals surface area contributed by atoms with Gasteiger partial charge in [0.2, 0.25) is 0 Å². The van der Waals surface area contributed by atoms with Crippen LogP contribution >= 0.6 is 0 Å². The van der Waals surface area contributed by atoms with Gasteiger partial charge in [-0.25, -0.2) is 0 Å². The van der Waals surface area contributed by atoms with Gasteiger partial charge in [0.25, 0.3) is 0 Å². The summed E-state index contributed by atoms with van der Waals surface area (Å²) in [7, 11) is -1.91. The SMILES string of the molecule is CC(C)(C)[O][Ti]([OH])([O]C(C)(C)C)[O][Si](C)(C)C. The van der Waals surface area contributed by atoms with Crippen molar-refractivity contribution < 1.29 is 31.5 Å². The summed E-state index contributed by atoms with van der Waals surface area (Å²) in [5.74, 6) is 0. The van der Waals surface area contributed by atoms with Gasteiger partial charge in [-0.2, -0.15) is 0 Å². The predicted molar refractivity (Wildman–Crippen MR) is 68.3 cm³/mol. The van der Waals surface area contributed by atoms with Gasteiger partial charge in [-0.15, -0.1) is 0 Å². The van der Waals surface area contributed by atoms with Crippen molar-refractivity contribution in [3.8, 4) is 0 Å². The van der Waals surface area contributed by atoms with Gasteiger partial charge in [0.15, 0.2) is 0 Å². The molecule has 0 saturated carbocycles. The second-order valence-corrected chi connectivity index (χ2v) is 14.8. The van der Waals surface area contributed by atoms with E-state index in [1.165, 1.54) is 0 Å². The van der Waals surface area contributed by atoms with Gasteiger partial charge in [0, 0.05) is 0 Å². The topological polar surface area (TPSA) is 47.9 Å². The molecule has 4 nitrogen and oxygen atoms in total. The summed E-state index contributed by atoms with van der Waals surface area (Å²) in [6.45, 7) is 17.4. The van der Waals surface area contributed by atoms with E-state index in [4.69, 9.17) is 9.64 Å². The van der Waals surface area contributed by atoms with E-state index in [2.05, 4.69) is 0 Å². The van der Waals surface area contributed by atoms with E-state index in [1.807, 2.05) is 61.2 Å². The van der Waals surface area contributed by atoms with Crippen LogP contribution in [-0.2, 0) is 27.8 Å². The molecule has 0 aromatic heterocycles. The van der Waals surface area contributed by atoms with E-state index in [-0.39, 0.29) is 0 Å². The predicted octanol–water partition coefficient (Wildman–Crippen LogP) is 3.27. The summed E-state index contributed by atoms with van der Waals surface area (Å²) in [5, 5.41) is 0. The maximum atomic E-state index is 10.6. The molecule has 6 heteroatoms. The molecule has 0 aliphatic carbocycles. The molecule has 0 aromatic carbocycles. The average Bonchev–Trinajstić information content (AvgIpc) is 1.65. The molecule has 0 radical (unpaired) electrons. The zero-order chi connectivity index (χ0) is 14.1. The number of hydrogen-bond donors (Lipinski definition) is 1.